The van der Waals surface area contributed by atoms with Crippen molar-refractivity contribution in [2.75, 3.05) is 6.61 Å². The predicted octanol–water partition coefficient (Wildman–Crippen LogP) is 7.78. The van der Waals surface area contributed by atoms with Gasteiger partial charge in [-0.1, -0.05) is 29.3 Å². The highest BCUT2D eigenvalue weighted by Gasteiger charge is 2.19. The quantitative estimate of drug-likeness (QED) is 0.114. The Hall–Kier alpha value is -3.53. The van der Waals surface area contributed by atoms with Gasteiger partial charge in [0, 0.05) is 32.9 Å². The number of hydrogen-bond donors (Lipinski definition) is 3. The summed E-state index contributed by atoms with van der Waals surface area (Å²) >= 11 is 12.9. The van der Waals surface area contributed by atoms with Crippen LogP contribution in [0.1, 0.15) is 46.0 Å². The van der Waals surface area contributed by atoms with Gasteiger partial charge in [0.05, 0.1) is 22.8 Å². The number of aromatic nitrogens is 3. The van der Waals surface area contributed by atoms with Gasteiger partial charge in [0.2, 0.25) is 11.5 Å². The topological polar surface area (TPSA) is 113 Å². The molecule has 0 fully saturated rings. The molecule has 222 valence electrons. The van der Waals surface area contributed by atoms with E-state index < -0.39 is 11.0 Å². The first-order valence-corrected chi connectivity index (χ1v) is 15.3. The van der Waals surface area contributed by atoms with E-state index in [1.165, 1.54) is 10.9 Å². The molecule has 11 heteroatoms. The number of nitrogens with zero attached hydrogens (tertiary/aromatic N) is 1. The Morgan fingerprint density at radius 1 is 1.00 bits per heavy atom. The van der Waals surface area contributed by atoms with Crippen molar-refractivity contribution in [2.45, 2.75) is 59.5 Å². The van der Waals surface area contributed by atoms with Crippen LogP contribution >= 0.6 is 23.2 Å². The first kappa shape index (κ1) is 31.4. The van der Waals surface area contributed by atoms with E-state index in [4.69, 9.17) is 32.4 Å². The lowest BCUT2D eigenvalue weighted by Crippen LogP contribution is -2.13. The molecule has 8 nitrogen and oxygen atoms in total. The Kier molecular flexibility index (Phi) is 10.2. The molecule has 0 radical (unpaired) electrons. The molecular formula is C31H34Cl2N4O4S. The van der Waals surface area contributed by atoms with Crippen LogP contribution in [0.2, 0.25) is 10.0 Å². The highest BCUT2D eigenvalue weighted by Crippen LogP contribution is 2.39. The molecule has 0 saturated carbocycles. The molecule has 1 unspecified atom stereocenters. The standard InChI is InChI=1S/C25H27Cl2N3O.C6H7NO3S/c1-13-11-18(12-14(2)24(13)27)31-10-6-7-19-15(3)28-25-20(19)8-9-21(26)23(25)22-16(4)29-30-17(22)5;1-5-2-3-6(10-5)11(9)7-4-8/h8-9,11-12,28H,6-7,10H2,1-5H3,(H,29,30);2-4H,1H3,(H,7,8). The first-order chi connectivity index (χ1) is 20.0. The monoisotopic (exact) mass is 628 g/mol. The molecule has 0 aliphatic carbocycles. The Morgan fingerprint density at radius 3 is 2.31 bits per heavy atom. The van der Waals surface area contributed by atoms with Crippen LogP contribution in [0.4, 0.5) is 0 Å². The molecule has 5 aromatic rings. The number of nitrogens with one attached hydrogen (secondary N) is 3. The zero-order chi connectivity index (χ0) is 30.6. The maximum atomic E-state index is 10.9. The van der Waals surface area contributed by atoms with E-state index in [1.54, 1.807) is 19.1 Å². The Bertz CT molecular complexity index is 1710. The van der Waals surface area contributed by atoms with Crippen LogP contribution in [0.5, 0.6) is 5.75 Å². The minimum Gasteiger partial charge on any atom is -0.494 e. The fraction of sp³-hybridized carbons (Fsp3) is 0.290. The summed E-state index contributed by atoms with van der Waals surface area (Å²) in [5.41, 5.74) is 9.66. The number of amides is 1. The van der Waals surface area contributed by atoms with E-state index in [0.717, 1.165) is 73.5 Å². The van der Waals surface area contributed by atoms with E-state index in [1.807, 2.05) is 45.9 Å². The highest BCUT2D eigenvalue weighted by atomic mass is 35.5. The Morgan fingerprint density at radius 2 is 1.71 bits per heavy atom. The molecule has 1 amide bonds. The number of H-pyrrole nitrogens is 2. The first-order valence-electron chi connectivity index (χ1n) is 13.4. The summed E-state index contributed by atoms with van der Waals surface area (Å²) in [6.45, 7) is 12.5. The minimum absolute atomic E-state index is 0.259. The molecule has 5 rings (SSSR count). The van der Waals surface area contributed by atoms with Gasteiger partial charge in [0.25, 0.3) is 0 Å². The van der Waals surface area contributed by atoms with Gasteiger partial charge in [-0.15, -0.1) is 0 Å². The van der Waals surface area contributed by atoms with Crippen LogP contribution in [0.25, 0.3) is 22.0 Å². The molecule has 3 N–H and O–H groups in total. The second kappa shape index (κ2) is 13.6. The van der Waals surface area contributed by atoms with Gasteiger partial charge in [-0.25, -0.2) is 4.21 Å². The number of halogens is 2. The molecule has 42 heavy (non-hydrogen) atoms. The van der Waals surface area contributed by atoms with E-state index in [-0.39, 0.29) is 5.09 Å². The molecule has 3 aromatic heterocycles. The number of carbonyl (C=O) groups excluding carboxylic acids is 1. The normalized spacial score (nSPS) is 11.7. The van der Waals surface area contributed by atoms with Gasteiger partial charge in [0.1, 0.15) is 11.5 Å². The van der Waals surface area contributed by atoms with Crippen LogP contribution in [0.3, 0.4) is 0 Å². The Labute approximate surface area is 257 Å². The van der Waals surface area contributed by atoms with Crippen LogP contribution in [-0.2, 0) is 22.2 Å². The van der Waals surface area contributed by atoms with Crippen molar-refractivity contribution in [3.8, 4) is 16.9 Å². The zero-order valence-electron chi connectivity index (χ0n) is 24.4. The van der Waals surface area contributed by atoms with Crippen molar-refractivity contribution in [3.05, 3.63) is 86.0 Å². The van der Waals surface area contributed by atoms with Crippen molar-refractivity contribution >= 4 is 51.5 Å². The summed E-state index contributed by atoms with van der Waals surface area (Å²) in [6, 6.07) is 11.3. The van der Waals surface area contributed by atoms with Gasteiger partial charge in [-0.05, 0) is 101 Å². The number of aromatic amines is 2. The fourth-order valence-electron chi connectivity index (χ4n) is 4.95. The maximum Gasteiger partial charge on any atom is 0.219 e. The van der Waals surface area contributed by atoms with Crippen molar-refractivity contribution in [3.63, 3.8) is 0 Å². The maximum absolute atomic E-state index is 10.9. The van der Waals surface area contributed by atoms with Crippen molar-refractivity contribution in [1.82, 2.24) is 19.9 Å². The second-order valence-electron chi connectivity index (χ2n) is 10.1. The molecule has 3 heterocycles. The lowest BCUT2D eigenvalue weighted by molar-refractivity contribution is -0.108. The van der Waals surface area contributed by atoms with Crippen molar-refractivity contribution in [1.29, 1.82) is 0 Å². The molecule has 0 saturated heterocycles. The number of hydrogen-bond acceptors (Lipinski definition) is 5. The summed E-state index contributed by atoms with van der Waals surface area (Å²) in [7, 11) is -1.55. The fourth-order valence-corrected chi connectivity index (χ4v) is 5.91. The van der Waals surface area contributed by atoms with Crippen LogP contribution in [0, 0.1) is 41.5 Å². The highest BCUT2D eigenvalue weighted by molar-refractivity contribution is 7.83. The van der Waals surface area contributed by atoms with Crippen molar-refractivity contribution in [2.24, 2.45) is 0 Å². The number of carbonyl (C=O) groups is 1. The lowest BCUT2D eigenvalue weighted by atomic mass is 9.98. The van der Waals surface area contributed by atoms with Gasteiger partial charge in [-0.3, -0.25) is 14.6 Å². The molecule has 2 aromatic carbocycles. The molecular weight excluding hydrogens is 595 g/mol. The van der Waals surface area contributed by atoms with Crippen LogP contribution in [0.15, 0.2) is 45.9 Å². The smallest absolute Gasteiger partial charge is 0.219 e. The number of ether oxygens (including phenoxy) is 1. The third-order valence-electron chi connectivity index (χ3n) is 6.93. The molecule has 0 aliphatic heterocycles. The van der Waals surface area contributed by atoms with E-state index in [9.17, 15) is 9.00 Å². The third-order valence-corrected chi connectivity index (χ3v) is 8.73. The number of benzene rings is 2. The van der Waals surface area contributed by atoms with Gasteiger partial charge < -0.3 is 14.1 Å². The number of aryl methyl sites for hydroxylation is 7. The van der Waals surface area contributed by atoms with Crippen molar-refractivity contribution < 1.29 is 18.2 Å². The summed E-state index contributed by atoms with van der Waals surface area (Å²) in [5, 5.41) is 10.4. The summed E-state index contributed by atoms with van der Waals surface area (Å²) in [4.78, 5) is 13.4. The number of rotatable bonds is 9. The van der Waals surface area contributed by atoms with Gasteiger partial charge >= 0.3 is 0 Å². The Balaban J connectivity index is 0.000000310. The largest absolute Gasteiger partial charge is 0.494 e. The summed E-state index contributed by atoms with van der Waals surface area (Å²) < 4.78 is 24.0. The van der Waals surface area contributed by atoms with E-state index in [0.29, 0.717) is 18.8 Å². The number of fused-ring (bicyclic) bond motifs is 1. The third kappa shape index (κ3) is 6.91. The zero-order valence-corrected chi connectivity index (χ0v) is 26.7. The SMILES string of the molecule is Cc1cc(OCCCc2c(C)[nH]c3c(-c4c(C)n[nH]c4C)c(Cl)ccc23)cc(C)c1Cl.Cc1ccc(S(=O)NC=O)o1. The average molecular weight is 630 g/mol. The molecule has 0 spiro atoms. The summed E-state index contributed by atoms with van der Waals surface area (Å²) in [5.74, 6) is 1.54. The predicted molar refractivity (Wildman–Crippen MR) is 169 cm³/mol. The van der Waals surface area contributed by atoms with Crippen LogP contribution < -0.4 is 9.46 Å². The van der Waals surface area contributed by atoms with E-state index in [2.05, 4.69) is 32.9 Å². The average Bonchev–Trinajstić information content (AvgIpc) is 3.62. The van der Waals surface area contributed by atoms with Gasteiger partial charge in [0.15, 0.2) is 11.0 Å². The number of furan rings is 1. The van der Waals surface area contributed by atoms with Gasteiger partial charge in [-0.2, -0.15) is 5.10 Å². The second-order valence-corrected chi connectivity index (χ2v) is 12.0. The summed E-state index contributed by atoms with van der Waals surface area (Å²) in [6.07, 6.45) is 2.20. The molecule has 0 aliphatic rings. The molecule has 1 atom stereocenters. The lowest BCUT2D eigenvalue weighted by Gasteiger charge is -2.10. The minimum atomic E-state index is -1.55. The van der Waals surface area contributed by atoms with Crippen LogP contribution in [-0.4, -0.2) is 32.4 Å². The van der Waals surface area contributed by atoms with E-state index >= 15 is 0 Å². The molecule has 0 bridgehead atoms.